The molecule has 6 heterocycles. The lowest BCUT2D eigenvalue weighted by molar-refractivity contribution is 0.271. The van der Waals surface area contributed by atoms with Crippen LogP contribution in [-0.2, 0) is 50.5 Å². The van der Waals surface area contributed by atoms with Gasteiger partial charge in [0.25, 0.3) is 11.1 Å². The van der Waals surface area contributed by atoms with E-state index in [9.17, 15) is 9.59 Å². The van der Waals surface area contributed by atoms with E-state index >= 15 is 0 Å². The lowest BCUT2D eigenvalue weighted by Gasteiger charge is -2.06. The molecule has 6 rings (SSSR count). The smallest absolute Gasteiger partial charge is 0.251 e. The molecule has 0 fully saturated rings. The van der Waals surface area contributed by atoms with Crippen LogP contribution in [0.4, 0.5) is 0 Å². The van der Waals surface area contributed by atoms with Gasteiger partial charge in [0, 0.05) is 60.8 Å². The predicted molar refractivity (Wildman–Crippen MR) is 296 cm³/mol. The SMILES string of the molecule is BrP(Br)Br.C.C.C.CCn1c(Cl)nc(Cl)c1CBr.CCn1c(Cl)nc(Cl)c1CO.CCn1c(Cl)nc(Cl)c1CSc1nc(C)cc(=O)[nH]1.CCn1cncc1CO.Cc1cc(=O)[nH]c(=S)[nH]1. The maximum atomic E-state index is 11.3. The quantitative estimate of drug-likeness (QED) is 0.0287. The third-order valence-corrected chi connectivity index (χ3v) is 10.9. The highest BCUT2D eigenvalue weighted by atomic mass is 80.0. The van der Waals surface area contributed by atoms with E-state index in [1.54, 1.807) is 30.9 Å². The van der Waals surface area contributed by atoms with Crippen molar-refractivity contribution in [2.45, 2.75) is 119 Å². The Bertz CT molecular complexity index is 2330. The monoisotopic (exact) mass is 1350 g/mol. The summed E-state index contributed by atoms with van der Waals surface area (Å²) in [4.78, 5) is 49.6. The number of halogens is 10. The average molecular weight is 1360 g/mol. The van der Waals surface area contributed by atoms with E-state index in [2.05, 4.69) is 114 Å². The van der Waals surface area contributed by atoms with Crippen LogP contribution >= 0.6 is 160 Å². The number of thioether (sulfide) groups is 1. The van der Waals surface area contributed by atoms with Gasteiger partial charge >= 0.3 is 0 Å². The van der Waals surface area contributed by atoms with Gasteiger partial charge in [0.2, 0.25) is 15.9 Å². The van der Waals surface area contributed by atoms with Crippen molar-refractivity contribution in [2.24, 2.45) is 0 Å². The number of aromatic nitrogens is 12. The second-order valence-electron chi connectivity index (χ2n) is 11.7. The molecule has 0 aliphatic rings. The molecule has 0 radical (unpaired) electrons. The molecule has 0 saturated heterocycles. The van der Waals surface area contributed by atoms with Gasteiger partial charge in [-0.15, -0.1) is 0 Å². The van der Waals surface area contributed by atoms with Crippen LogP contribution in [0.1, 0.15) is 84.1 Å². The van der Waals surface area contributed by atoms with Gasteiger partial charge in [-0.1, -0.05) is 84.8 Å². The number of hydrogen-bond acceptors (Lipinski definition) is 11. The Morgan fingerprint density at radius 3 is 1.52 bits per heavy atom. The lowest BCUT2D eigenvalue weighted by atomic mass is 10.5. The first-order valence-corrected chi connectivity index (χ1v) is 30.2. The minimum Gasteiger partial charge on any atom is -0.390 e. The van der Waals surface area contributed by atoms with Crippen LogP contribution in [0.15, 0.2) is 39.4 Å². The van der Waals surface area contributed by atoms with Crippen LogP contribution in [0.5, 0.6) is 0 Å². The minimum absolute atomic E-state index is 0. The molecule has 0 unspecified atom stereocenters. The molecular formula is C37H55Br4Cl6N12O4PS2. The van der Waals surface area contributed by atoms with E-state index in [4.69, 9.17) is 79.8 Å². The summed E-state index contributed by atoms with van der Waals surface area (Å²) in [6.45, 7) is 14.4. The van der Waals surface area contributed by atoms with Crippen molar-refractivity contribution in [2.75, 3.05) is 0 Å². The molecular weight excluding hydrogens is 1300 g/mol. The van der Waals surface area contributed by atoms with Crippen LogP contribution in [0.3, 0.4) is 0 Å². The van der Waals surface area contributed by atoms with Gasteiger partial charge in [0.1, 0.15) is 4.03 Å². The molecule has 5 N–H and O–H groups in total. The molecule has 6 aromatic rings. The molecule has 16 nitrogen and oxygen atoms in total. The number of nitrogens with one attached hydrogen (secondary N) is 3. The molecule has 0 aliphatic carbocycles. The minimum atomic E-state index is -0.183. The number of H-pyrrole nitrogens is 3. The Morgan fingerprint density at radius 1 is 0.697 bits per heavy atom. The number of alkyl halides is 1. The number of aliphatic hydroxyl groups is 2. The van der Waals surface area contributed by atoms with Crippen molar-refractivity contribution in [1.29, 1.82) is 0 Å². The summed E-state index contributed by atoms with van der Waals surface area (Å²) in [6.07, 6.45) is 3.38. The molecule has 0 saturated carbocycles. The Kier molecular flexibility index (Phi) is 39.0. The van der Waals surface area contributed by atoms with Crippen molar-refractivity contribution < 1.29 is 10.2 Å². The Labute approximate surface area is 458 Å². The van der Waals surface area contributed by atoms with E-state index in [1.807, 2.05) is 41.4 Å². The first-order valence-electron chi connectivity index (χ1n) is 18.0. The van der Waals surface area contributed by atoms with Crippen LogP contribution in [0.25, 0.3) is 0 Å². The number of nitrogens with zero attached hydrogens (tertiary/aromatic N) is 9. The highest BCUT2D eigenvalue weighted by Crippen LogP contribution is 2.59. The van der Waals surface area contributed by atoms with Crippen molar-refractivity contribution in [3.05, 3.63) is 116 Å². The number of hydrogen-bond donors (Lipinski definition) is 5. The summed E-state index contributed by atoms with van der Waals surface area (Å²) in [5, 5.41) is 21.0. The number of rotatable bonds is 10. The van der Waals surface area contributed by atoms with E-state index < -0.39 is 0 Å². The maximum absolute atomic E-state index is 11.3. The summed E-state index contributed by atoms with van der Waals surface area (Å²) >= 11 is 53.8. The zero-order chi connectivity index (χ0) is 48.0. The fourth-order valence-electron chi connectivity index (χ4n) is 4.78. The van der Waals surface area contributed by atoms with Crippen LogP contribution in [0, 0.1) is 18.6 Å². The molecule has 0 atom stereocenters. The highest BCUT2D eigenvalue weighted by Gasteiger charge is 2.15. The van der Waals surface area contributed by atoms with Gasteiger partial charge in [-0.25, -0.2) is 24.9 Å². The van der Waals surface area contributed by atoms with Crippen LogP contribution in [0.2, 0.25) is 31.3 Å². The molecule has 0 aliphatic heterocycles. The van der Waals surface area contributed by atoms with Gasteiger partial charge in [-0.2, -0.15) is 0 Å². The second kappa shape index (κ2) is 37.0. The molecule has 0 spiro atoms. The zero-order valence-corrected chi connectivity index (χ0v) is 47.7. The molecule has 6 aromatic heterocycles. The van der Waals surface area contributed by atoms with Gasteiger partial charge in [-0.05, 0) is 135 Å². The van der Waals surface area contributed by atoms with Crippen LogP contribution in [-0.4, -0.2) is 68.4 Å². The Hall–Kier alpha value is -0.820. The van der Waals surface area contributed by atoms with E-state index in [0.29, 0.717) is 71.6 Å². The zero-order valence-electron chi connectivity index (χ0n) is 34.2. The number of aromatic amines is 3. The van der Waals surface area contributed by atoms with E-state index in [0.717, 1.165) is 35.9 Å². The number of aryl methyl sites for hydroxylation is 3. The van der Waals surface area contributed by atoms with Crippen molar-refractivity contribution >= 4 is 160 Å². The molecule has 0 aromatic carbocycles. The Morgan fingerprint density at radius 2 is 1.15 bits per heavy atom. The van der Waals surface area contributed by atoms with Crippen LogP contribution < -0.4 is 11.1 Å². The molecule has 0 bridgehead atoms. The third-order valence-electron chi connectivity index (χ3n) is 7.55. The summed E-state index contributed by atoms with van der Waals surface area (Å²) in [5.74, 6) is 0.540. The molecule has 374 valence electrons. The third kappa shape index (κ3) is 24.3. The fourth-order valence-corrected chi connectivity index (χ4v) is 8.58. The summed E-state index contributed by atoms with van der Waals surface area (Å²) in [5.41, 5.74) is 4.33. The summed E-state index contributed by atoms with van der Waals surface area (Å²) in [6, 6.07) is 2.90. The lowest BCUT2D eigenvalue weighted by Crippen LogP contribution is -2.08. The van der Waals surface area contributed by atoms with E-state index in [-0.39, 0.29) is 55.8 Å². The molecule has 0 amide bonds. The van der Waals surface area contributed by atoms with Crippen molar-refractivity contribution in [3.63, 3.8) is 0 Å². The first kappa shape index (κ1) is 69.4. The normalized spacial score (nSPS) is 9.86. The molecule has 66 heavy (non-hydrogen) atoms. The second-order valence-corrected chi connectivity index (χ2v) is 31.0. The summed E-state index contributed by atoms with van der Waals surface area (Å²) < 4.78 is 7.44. The van der Waals surface area contributed by atoms with Crippen molar-refractivity contribution in [1.82, 2.24) is 58.1 Å². The molecule has 29 heteroatoms. The van der Waals surface area contributed by atoms with Gasteiger partial charge in [0.05, 0.1) is 48.5 Å². The maximum Gasteiger partial charge on any atom is 0.251 e. The predicted octanol–water partition coefficient (Wildman–Crippen LogP) is 14.1. The van der Waals surface area contributed by atoms with Gasteiger partial charge < -0.3 is 38.4 Å². The highest BCUT2D eigenvalue weighted by molar-refractivity contribution is 9.93. The topological polar surface area (TPSA) is 206 Å². The average Bonchev–Trinajstić information content (AvgIpc) is 3.94. The van der Waals surface area contributed by atoms with Gasteiger partial charge in [0.15, 0.2) is 25.4 Å². The van der Waals surface area contributed by atoms with E-state index in [1.165, 1.54) is 23.9 Å². The first-order chi connectivity index (χ1) is 29.7. The number of aliphatic hydroxyl groups excluding tert-OH is 2. The van der Waals surface area contributed by atoms with Crippen molar-refractivity contribution in [3.8, 4) is 0 Å². The fraction of sp³-hybridized carbons (Fsp3) is 0.459. The standard InChI is InChI=1S/C11H12Cl2N4OS.C6H7BrCl2N2.C6H8Cl2N2O.C6H10N2O.C5H6N2OS.3CH4.Br3P/c1-3-17-7(9(12)16-10(17)13)5-19-11-14-6(2)4-8(18)15-11;1-2-11-4(3-7)5(8)10-6(11)9;1-2-10-4(3-11)5(7)9-6(10)8;1-2-8-5-7-3-6(8)4-9;1-3-2-4(8)7-5(9)6-3;;;;1-4(2)3/h4H,3,5H2,1-2H3,(H,14,15,18);2-3H2,1H3;11H,2-3H2,1H3;3,5,9H,2,4H2,1H3;2H,1H3,(H2,6,7,8,9);3*1H4;. The van der Waals surface area contributed by atoms with Gasteiger partial charge in [-0.3, -0.25) is 14.6 Å². The summed E-state index contributed by atoms with van der Waals surface area (Å²) in [7, 11) is 0. The Balaban J connectivity index is -0.000000750. The number of imidazole rings is 4. The largest absolute Gasteiger partial charge is 0.390 e.